The summed E-state index contributed by atoms with van der Waals surface area (Å²) in [4.78, 5) is 10.7. The van der Waals surface area contributed by atoms with Gasteiger partial charge in [0.25, 0.3) is 0 Å². The summed E-state index contributed by atoms with van der Waals surface area (Å²) >= 11 is 0. The van der Waals surface area contributed by atoms with E-state index < -0.39 is 4.92 Å². The third-order valence-electron chi connectivity index (χ3n) is 2.45. The van der Waals surface area contributed by atoms with Gasteiger partial charge in [-0.2, -0.15) is 0 Å². The molecule has 0 aliphatic heterocycles. The van der Waals surface area contributed by atoms with Gasteiger partial charge in [-0.05, 0) is 26.0 Å². The zero-order valence-corrected chi connectivity index (χ0v) is 10.6. The quantitative estimate of drug-likeness (QED) is 0.638. The van der Waals surface area contributed by atoms with E-state index in [0.717, 1.165) is 5.69 Å². The number of nitro benzene ring substituents is 1. The highest BCUT2D eigenvalue weighted by atomic mass is 16.6. The summed E-state index contributed by atoms with van der Waals surface area (Å²) < 4.78 is 5.45. The van der Waals surface area contributed by atoms with E-state index in [2.05, 4.69) is 15.5 Å². The van der Waals surface area contributed by atoms with Gasteiger partial charge in [-0.25, -0.2) is 0 Å². The minimum Gasteiger partial charge on any atom is -0.430 e. The molecule has 0 fully saturated rings. The maximum Gasteiger partial charge on any atom is 0.334 e. The largest absolute Gasteiger partial charge is 0.430 e. The Morgan fingerprint density at radius 2 is 2.32 bits per heavy atom. The zero-order chi connectivity index (χ0) is 13.8. The van der Waals surface area contributed by atoms with Crippen LogP contribution >= 0.6 is 0 Å². The molecule has 0 radical (unpaired) electrons. The number of H-pyrrole nitrogens is 1. The van der Waals surface area contributed by atoms with Crippen LogP contribution in [-0.4, -0.2) is 21.7 Å². The highest BCUT2D eigenvalue weighted by Gasteiger charge is 2.21. The Kier molecular flexibility index (Phi) is 3.65. The Morgan fingerprint density at radius 3 is 2.89 bits per heavy atom. The van der Waals surface area contributed by atoms with Crippen LogP contribution in [0.2, 0.25) is 0 Å². The van der Waals surface area contributed by atoms with Crippen LogP contribution in [0.1, 0.15) is 12.6 Å². The van der Waals surface area contributed by atoms with Gasteiger partial charge in [-0.15, -0.1) is 5.10 Å². The number of hydrogen-bond donors (Lipinski definition) is 2. The smallest absolute Gasteiger partial charge is 0.334 e. The van der Waals surface area contributed by atoms with Crippen LogP contribution in [0, 0.1) is 17.0 Å². The highest BCUT2D eigenvalue weighted by Crippen LogP contribution is 2.36. The molecule has 0 aliphatic rings. The molecule has 2 rings (SSSR count). The molecule has 1 aromatic heterocycles. The van der Waals surface area contributed by atoms with E-state index in [1.54, 1.807) is 24.3 Å². The predicted octanol–water partition coefficient (Wildman–Crippen LogP) is 2.85. The number of aromatic nitrogens is 2. The molecule has 0 aliphatic carbocycles. The Morgan fingerprint density at radius 1 is 1.53 bits per heavy atom. The maximum absolute atomic E-state index is 11.2. The lowest BCUT2D eigenvalue weighted by Gasteiger charge is -2.08. The fraction of sp³-hybridized carbons (Fsp3) is 0.250. The Bertz CT molecular complexity index is 594. The Hall–Kier alpha value is -2.57. The van der Waals surface area contributed by atoms with Crippen LogP contribution in [0.25, 0.3) is 0 Å². The molecule has 0 unspecified atom stereocenters. The number of aromatic amines is 1. The van der Waals surface area contributed by atoms with Crippen molar-refractivity contribution < 1.29 is 9.66 Å². The van der Waals surface area contributed by atoms with E-state index in [9.17, 15) is 10.1 Å². The van der Waals surface area contributed by atoms with Crippen LogP contribution in [0.3, 0.4) is 0 Å². The summed E-state index contributed by atoms with van der Waals surface area (Å²) in [5.41, 5.74) is 1.16. The normalized spacial score (nSPS) is 10.2. The van der Waals surface area contributed by atoms with Crippen LogP contribution in [-0.2, 0) is 0 Å². The minimum absolute atomic E-state index is 0.0926. The lowest BCUT2D eigenvalue weighted by molar-refractivity contribution is -0.384. The Balaban J connectivity index is 2.38. The van der Waals surface area contributed by atoms with E-state index in [4.69, 9.17) is 4.74 Å². The minimum atomic E-state index is -0.465. The summed E-state index contributed by atoms with van der Waals surface area (Å²) in [6.45, 7) is 4.28. The molecule has 19 heavy (non-hydrogen) atoms. The average molecular weight is 262 g/mol. The molecule has 0 saturated heterocycles. The van der Waals surface area contributed by atoms with Gasteiger partial charge in [0, 0.05) is 18.3 Å². The van der Waals surface area contributed by atoms with Crippen molar-refractivity contribution in [2.24, 2.45) is 0 Å². The molecule has 7 heteroatoms. The summed E-state index contributed by atoms with van der Waals surface area (Å²) in [5, 5.41) is 20.7. The van der Waals surface area contributed by atoms with Crippen molar-refractivity contribution in [3.05, 3.63) is 40.1 Å². The first-order chi connectivity index (χ1) is 9.11. The second-order valence-electron chi connectivity index (χ2n) is 3.93. The topological polar surface area (TPSA) is 93.1 Å². The van der Waals surface area contributed by atoms with Crippen molar-refractivity contribution >= 4 is 11.4 Å². The first-order valence-electron chi connectivity index (χ1n) is 5.83. The number of hydrogen-bond acceptors (Lipinski definition) is 5. The molecule has 0 atom stereocenters. The van der Waals surface area contributed by atoms with E-state index >= 15 is 0 Å². The van der Waals surface area contributed by atoms with E-state index in [1.807, 2.05) is 13.8 Å². The van der Waals surface area contributed by atoms with Crippen molar-refractivity contribution in [3.8, 4) is 11.6 Å². The number of nitro groups is 1. The molecule has 1 heterocycles. The van der Waals surface area contributed by atoms with E-state index in [-0.39, 0.29) is 11.4 Å². The number of nitrogens with one attached hydrogen (secondary N) is 2. The molecule has 1 aromatic carbocycles. The second kappa shape index (κ2) is 5.38. The molecule has 0 spiro atoms. The van der Waals surface area contributed by atoms with Gasteiger partial charge in [0.1, 0.15) is 5.69 Å². The molecule has 0 saturated carbocycles. The number of nitrogens with zero attached hydrogens (tertiary/aromatic N) is 2. The first-order valence-corrected chi connectivity index (χ1v) is 5.83. The fourth-order valence-electron chi connectivity index (χ4n) is 1.68. The molecule has 0 bridgehead atoms. The third kappa shape index (κ3) is 2.82. The Labute approximate surface area is 109 Å². The third-order valence-corrected chi connectivity index (χ3v) is 2.45. The van der Waals surface area contributed by atoms with Crippen molar-refractivity contribution in [2.75, 3.05) is 11.9 Å². The number of rotatable bonds is 5. The second-order valence-corrected chi connectivity index (χ2v) is 3.93. The van der Waals surface area contributed by atoms with Gasteiger partial charge < -0.3 is 10.1 Å². The van der Waals surface area contributed by atoms with Crippen LogP contribution in [0.5, 0.6) is 11.6 Å². The van der Waals surface area contributed by atoms with Crippen molar-refractivity contribution in [1.82, 2.24) is 10.2 Å². The van der Waals surface area contributed by atoms with Crippen molar-refractivity contribution in [1.29, 1.82) is 0 Å². The number of para-hydroxylation sites is 1. The van der Waals surface area contributed by atoms with Gasteiger partial charge in [0.05, 0.1) is 4.92 Å². The molecule has 2 N–H and O–H groups in total. The molecule has 2 aromatic rings. The molecule has 0 amide bonds. The molecule has 100 valence electrons. The highest BCUT2D eigenvalue weighted by molar-refractivity contribution is 5.68. The van der Waals surface area contributed by atoms with Crippen molar-refractivity contribution in [3.63, 3.8) is 0 Å². The summed E-state index contributed by atoms with van der Waals surface area (Å²) in [7, 11) is 0. The summed E-state index contributed by atoms with van der Waals surface area (Å²) in [6.07, 6.45) is 0. The van der Waals surface area contributed by atoms with E-state index in [0.29, 0.717) is 18.1 Å². The molecule has 7 nitrogen and oxygen atoms in total. The lowest BCUT2D eigenvalue weighted by atomic mass is 10.2. The lowest BCUT2D eigenvalue weighted by Crippen LogP contribution is -2.02. The summed E-state index contributed by atoms with van der Waals surface area (Å²) in [6, 6.07) is 6.55. The van der Waals surface area contributed by atoms with Gasteiger partial charge in [-0.1, -0.05) is 6.07 Å². The van der Waals surface area contributed by atoms with Gasteiger partial charge in [-0.3, -0.25) is 15.2 Å². The fourth-order valence-corrected chi connectivity index (χ4v) is 1.68. The predicted molar refractivity (Wildman–Crippen MR) is 70.7 cm³/mol. The van der Waals surface area contributed by atoms with Crippen molar-refractivity contribution in [2.45, 2.75) is 13.8 Å². The van der Waals surface area contributed by atoms with Gasteiger partial charge in [0.2, 0.25) is 11.6 Å². The molecular formula is C12H14N4O3. The number of benzene rings is 1. The number of ether oxygens (including phenoxy) is 1. The monoisotopic (exact) mass is 262 g/mol. The standard InChI is InChI=1S/C12H14N4O3/c1-3-13-9-5-4-6-10(12(9)16(17)18)19-11-7-8(2)14-15-11/h4-7,13H,3H2,1-2H3,(H,14,15). The van der Waals surface area contributed by atoms with Crippen LogP contribution < -0.4 is 10.1 Å². The van der Waals surface area contributed by atoms with E-state index in [1.165, 1.54) is 0 Å². The zero-order valence-electron chi connectivity index (χ0n) is 10.6. The number of aryl methyl sites for hydroxylation is 1. The van der Waals surface area contributed by atoms with Crippen LogP contribution in [0.15, 0.2) is 24.3 Å². The SMILES string of the molecule is CCNc1cccc(Oc2cc(C)[nH]n2)c1[N+](=O)[O-]. The maximum atomic E-state index is 11.2. The number of anilines is 1. The summed E-state index contributed by atoms with van der Waals surface area (Å²) in [5.74, 6) is 0.462. The molecular weight excluding hydrogens is 248 g/mol. The van der Waals surface area contributed by atoms with Crippen LogP contribution in [0.4, 0.5) is 11.4 Å². The van der Waals surface area contributed by atoms with Gasteiger partial charge in [0.15, 0.2) is 0 Å². The van der Waals surface area contributed by atoms with Gasteiger partial charge >= 0.3 is 5.69 Å². The first kappa shape index (κ1) is 12.9. The average Bonchev–Trinajstić information content (AvgIpc) is 2.75.